The van der Waals surface area contributed by atoms with Crippen LogP contribution in [0.5, 0.6) is 0 Å². The quantitative estimate of drug-likeness (QED) is 0.471. The van der Waals surface area contributed by atoms with Crippen LogP contribution in [0.25, 0.3) is 11.5 Å². The lowest BCUT2D eigenvalue weighted by atomic mass is 9.86. The first kappa shape index (κ1) is 17.3. The third kappa shape index (κ3) is 2.70. The number of fused-ring (bicyclic) bond motifs is 2. The molecule has 1 aliphatic heterocycles. The summed E-state index contributed by atoms with van der Waals surface area (Å²) in [5.41, 5.74) is 8.73. The second-order valence-electron chi connectivity index (χ2n) is 7.28. The van der Waals surface area contributed by atoms with E-state index < -0.39 is 5.41 Å². The average molecular weight is 390 g/mol. The van der Waals surface area contributed by atoms with Crippen molar-refractivity contribution < 1.29 is 4.79 Å². The van der Waals surface area contributed by atoms with Crippen LogP contribution in [0.2, 0.25) is 0 Å². The topological polar surface area (TPSA) is 141 Å². The van der Waals surface area contributed by atoms with E-state index in [0.29, 0.717) is 23.1 Å². The lowest BCUT2D eigenvalue weighted by Crippen LogP contribution is -2.26. The molecule has 4 aromatic rings. The fourth-order valence-electron chi connectivity index (χ4n) is 3.31. The Labute approximate surface area is 165 Å². The SMILES string of the molecule is CC1(C)C(=O)Nc2cc(Nc3nc4c(-n5cc(CN)nn5)nccn4n3)ccc21. The highest BCUT2D eigenvalue weighted by Crippen LogP contribution is 2.38. The minimum Gasteiger partial charge on any atom is -0.325 e. The summed E-state index contributed by atoms with van der Waals surface area (Å²) in [6, 6.07) is 5.70. The molecule has 29 heavy (non-hydrogen) atoms. The predicted octanol–water partition coefficient (Wildman–Crippen LogP) is 1.14. The Bertz CT molecular complexity index is 1250. The maximum absolute atomic E-state index is 12.1. The number of nitrogens with zero attached hydrogens (tertiary/aromatic N) is 7. The molecule has 0 fully saturated rings. The van der Waals surface area contributed by atoms with Crippen molar-refractivity contribution in [2.24, 2.45) is 5.73 Å². The van der Waals surface area contributed by atoms with E-state index in [0.717, 1.165) is 16.9 Å². The second kappa shape index (κ2) is 6.07. The molecule has 11 nitrogen and oxygen atoms in total. The van der Waals surface area contributed by atoms with Crippen LogP contribution in [0.15, 0.2) is 36.8 Å². The molecular weight excluding hydrogens is 372 g/mol. The summed E-state index contributed by atoms with van der Waals surface area (Å²) in [6.07, 6.45) is 5.01. The number of hydrogen-bond donors (Lipinski definition) is 3. The Hall–Kier alpha value is -3.86. The number of carbonyl (C=O) groups is 1. The van der Waals surface area contributed by atoms with E-state index in [2.05, 4.69) is 36.0 Å². The second-order valence-corrected chi connectivity index (χ2v) is 7.28. The van der Waals surface area contributed by atoms with E-state index in [1.54, 1.807) is 23.1 Å². The minimum atomic E-state index is -0.546. The molecule has 4 N–H and O–H groups in total. The lowest BCUT2D eigenvalue weighted by Gasteiger charge is -2.14. The number of nitrogens with two attached hydrogens (primary N) is 1. The van der Waals surface area contributed by atoms with E-state index in [4.69, 9.17) is 5.73 Å². The van der Waals surface area contributed by atoms with Crippen LogP contribution in [-0.4, -0.2) is 40.5 Å². The van der Waals surface area contributed by atoms with Crippen LogP contribution < -0.4 is 16.4 Å². The molecular formula is C18H18N10O. The highest BCUT2D eigenvalue weighted by Gasteiger charge is 2.38. The molecule has 0 radical (unpaired) electrons. The fraction of sp³-hybridized carbons (Fsp3) is 0.222. The van der Waals surface area contributed by atoms with Gasteiger partial charge in [0.05, 0.1) is 17.3 Å². The van der Waals surface area contributed by atoms with E-state index in [9.17, 15) is 4.79 Å². The number of hydrogen-bond acceptors (Lipinski definition) is 8. The van der Waals surface area contributed by atoms with Crippen LogP contribution in [0.1, 0.15) is 25.1 Å². The molecule has 0 aliphatic carbocycles. The molecule has 11 heteroatoms. The standard InChI is InChI=1S/C18H18N10O/c1-18(2)12-4-3-10(7-13(12)22-16(18)29)21-17-23-15-14(20-5-6-27(15)25-17)28-9-11(8-19)24-26-28/h3-7,9H,8,19H2,1-2H3,(H,21,25)(H,22,29). The van der Waals surface area contributed by atoms with Gasteiger partial charge in [0.2, 0.25) is 23.3 Å². The van der Waals surface area contributed by atoms with Crippen molar-refractivity contribution in [2.45, 2.75) is 25.8 Å². The summed E-state index contributed by atoms with van der Waals surface area (Å²) in [4.78, 5) is 21.0. The van der Waals surface area contributed by atoms with E-state index in [1.165, 1.54) is 4.68 Å². The third-order valence-electron chi connectivity index (χ3n) is 4.97. The molecule has 0 spiro atoms. The van der Waals surface area contributed by atoms with Crippen molar-refractivity contribution in [3.8, 4) is 5.82 Å². The molecule has 5 rings (SSSR count). The minimum absolute atomic E-state index is 0.0177. The van der Waals surface area contributed by atoms with Crippen LogP contribution in [-0.2, 0) is 16.8 Å². The normalized spacial score (nSPS) is 14.8. The molecule has 1 amide bonds. The molecule has 1 aromatic carbocycles. The monoisotopic (exact) mass is 390 g/mol. The van der Waals surface area contributed by atoms with Gasteiger partial charge in [-0.3, -0.25) is 4.79 Å². The van der Waals surface area contributed by atoms with Gasteiger partial charge in [0.25, 0.3) is 0 Å². The summed E-state index contributed by atoms with van der Waals surface area (Å²) in [5.74, 6) is 0.862. The number of anilines is 3. The van der Waals surface area contributed by atoms with Gasteiger partial charge in [0.1, 0.15) is 0 Å². The first-order chi connectivity index (χ1) is 14.0. The van der Waals surface area contributed by atoms with Gasteiger partial charge < -0.3 is 16.4 Å². The summed E-state index contributed by atoms with van der Waals surface area (Å²) in [6.45, 7) is 4.09. The number of amides is 1. The number of rotatable bonds is 4. The van der Waals surface area contributed by atoms with Crippen LogP contribution in [0.3, 0.4) is 0 Å². The van der Waals surface area contributed by atoms with Gasteiger partial charge in [0, 0.05) is 30.3 Å². The largest absolute Gasteiger partial charge is 0.325 e. The first-order valence-electron chi connectivity index (χ1n) is 9.02. The van der Waals surface area contributed by atoms with Crippen molar-refractivity contribution >= 4 is 28.9 Å². The Balaban J connectivity index is 1.49. The predicted molar refractivity (Wildman–Crippen MR) is 105 cm³/mol. The van der Waals surface area contributed by atoms with Gasteiger partial charge in [0.15, 0.2) is 0 Å². The zero-order chi connectivity index (χ0) is 20.2. The van der Waals surface area contributed by atoms with E-state index in [1.807, 2.05) is 32.0 Å². The van der Waals surface area contributed by atoms with Gasteiger partial charge in [-0.15, -0.1) is 10.2 Å². The van der Waals surface area contributed by atoms with Crippen molar-refractivity contribution in [1.82, 2.24) is 34.6 Å². The molecule has 146 valence electrons. The maximum Gasteiger partial charge on any atom is 0.247 e. The van der Waals surface area contributed by atoms with Crippen molar-refractivity contribution in [2.75, 3.05) is 10.6 Å². The number of benzene rings is 1. The molecule has 0 saturated heterocycles. The van der Waals surface area contributed by atoms with E-state index >= 15 is 0 Å². The van der Waals surface area contributed by atoms with Crippen molar-refractivity contribution in [1.29, 1.82) is 0 Å². The maximum atomic E-state index is 12.1. The molecule has 3 aromatic heterocycles. The molecule has 1 aliphatic rings. The summed E-state index contributed by atoms with van der Waals surface area (Å²) >= 11 is 0. The fourth-order valence-corrected chi connectivity index (χ4v) is 3.31. The lowest BCUT2D eigenvalue weighted by molar-refractivity contribution is -0.119. The Morgan fingerprint density at radius 1 is 1.31 bits per heavy atom. The summed E-state index contributed by atoms with van der Waals surface area (Å²) in [5, 5.41) is 18.6. The zero-order valence-electron chi connectivity index (χ0n) is 15.8. The van der Waals surface area contributed by atoms with E-state index in [-0.39, 0.29) is 12.5 Å². The molecule has 0 atom stereocenters. The third-order valence-corrected chi connectivity index (χ3v) is 4.97. The zero-order valence-corrected chi connectivity index (χ0v) is 15.8. The Morgan fingerprint density at radius 2 is 2.17 bits per heavy atom. The Morgan fingerprint density at radius 3 is 2.97 bits per heavy atom. The van der Waals surface area contributed by atoms with Gasteiger partial charge in [-0.2, -0.15) is 9.67 Å². The summed E-state index contributed by atoms with van der Waals surface area (Å²) in [7, 11) is 0. The van der Waals surface area contributed by atoms with Crippen LogP contribution >= 0.6 is 0 Å². The van der Waals surface area contributed by atoms with Crippen molar-refractivity contribution in [3.63, 3.8) is 0 Å². The van der Waals surface area contributed by atoms with Crippen molar-refractivity contribution in [3.05, 3.63) is 48.0 Å². The number of carbonyl (C=O) groups excluding carboxylic acids is 1. The average Bonchev–Trinajstić information content (AvgIpc) is 3.38. The first-order valence-corrected chi connectivity index (χ1v) is 9.02. The van der Waals surface area contributed by atoms with Gasteiger partial charge >= 0.3 is 0 Å². The van der Waals surface area contributed by atoms with Crippen LogP contribution in [0, 0.1) is 0 Å². The molecule has 0 unspecified atom stereocenters. The number of aromatic nitrogens is 7. The van der Waals surface area contributed by atoms with Gasteiger partial charge in [-0.25, -0.2) is 9.50 Å². The molecule has 4 heterocycles. The van der Waals surface area contributed by atoms with Gasteiger partial charge in [-0.1, -0.05) is 11.3 Å². The smallest absolute Gasteiger partial charge is 0.247 e. The molecule has 0 saturated carbocycles. The van der Waals surface area contributed by atoms with Gasteiger partial charge in [-0.05, 0) is 31.5 Å². The summed E-state index contributed by atoms with van der Waals surface area (Å²) < 4.78 is 3.12. The number of nitrogens with one attached hydrogen (secondary N) is 2. The highest BCUT2D eigenvalue weighted by molar-refractivity contribution is 6.06. The Kier molecular flexibility index (Phi) is 3.61. The molecule has 0 bridgehead atoms. The highest BCUT2D eigenvalue weighted by atomic mass is 16.2. The van der Waals surface area contributed by atoms with Crippen LogP contribution in [0.4, 0.5) is 17.3 Å².